The van der Waals surface area contributed by atoms with E-state index in [1.807, 2.05) is 42.6 Å². The van der Waals surface area contributed by atoms with Crippen LogP contribution in [-0.4, -0.2) is 60.4 Å². The summed E-state index contributed by atoms with van der Waals surface area (Å²) in [6.45, 7) is 3.91. The molecule has 30 heavy (non-hydrogen) atoms. The smallest absolute Gasteiger partial charge is 0.308 e. The molecule has 1 saturated heterocycles. The number of aromatic nitrogens is 1. The fraction of sp³-hybridized carbons (Fsp3) is 0.478. The number of β-amino-alcohol motifs (C(OH)–C–C–N with tert-alkyl or cyclic N) is 1. The van der Waals surface area contributed by atoms with Gasteiger partial charge in [0.25, 0.3) is 0 Å². The molecule has 0 saturated carbocycles. The number of methoxy groups -OCH3 is 1. The topological polar surface area (TPSA) is 83.9 Å². The first-order chi connectivity index (χ1) is 14.6. The van der Waals surface area contributed by atoms with Crippen LogP contribution in [0.4, 0.5) is 0 Å². The summed E-state index contributed by atoms with van der Waals surface area (Å²) in [6, 6.07) is 11.9. The van der Waals surface area contributed by atoms with Crippen LogP contribution >= 0.6 is 0 Å². The molecule has 2 heterocycles. The van der Waals surface area contributed by atoms with E-state index in [9.17, 15) is 9.90 Å². The third kappa shape index (κ3) is 7.09. The first kappa shape index (κ1) is 22.2. The average Bonchev–Trinajstić information content (AvgIpc) is 2.79. The molecule has 1 aromatic heterocycles. The van der Waals surface area contributed by atoms with Crippen molar-refractivity contribution in [2.24, 2.45) is 5.92 Å². The number of aliphatic hydroxyl groups is 1. The van der Waals surface area contributed by atoms with Crippen LogP contribution in [0.25, 0.3) is 0 Å². The fourth-order valence-electron chi connectivity index (χ4n) is 3.62. The number of carbonyl (C=O) groups excluding carboxylic acids is 1. The van der Waals surface area contributed by atoms with E-state index in [2.05, 4.69) is 15.2 Å². The van der Waals surface area contributed by atoms with Gasteiger partial charge in [-0.3, -0.25) is 9.78 Å². The Kier molecular flexibility index (Phi) is 8.62. The molecule has 1 aliphatic rings. The molecule has 3 rings (SSSR count). The molecule has 1 aromatic carbocycles. The minimum Gasteiger partial charge on any atom is -0.491 e. The van der Waals surface area contributed by atoms with E-state index in [1.54, 1.807) is 6.20 Å². The third-order valence-corrected chi connectivity index (χ3v) is 5.34. The number of aliphatic hydroxyl groups excluding tert-OH is 1. The molecule has 2 N–H and O–H groups in total. The van der Waals surface area contributed by atoms with Crippen LogP contribution in [0.5, 0.6) is 5.75 Å². The molecule has 0 bridgehead atoms. The molecule has 7 nitrogen and oxygen atoms in total. The van der Waals surface area contributed by atoms with Gasteiger partial charge in [0.05, 0.1) is 13.0 Å². The largest absolute Gasteiger partial charge is 0.491 e. The lowest BCUT2D eigenvalue weighted by atomic mass is 9.97. The second kappa shape index (κ2) is 11.6. The number of hydrogen-bond acceptors (Lipinski definition) is 7. The van der Waals surface area contributed by atoms with E-state index in [-0.39, 0.29) is 18.5 Å². The summed E-state index contributed by atoms with van der Waals surface area (Å²) < 4.78 is 10.5. The Balaban J connectivity index is 1.33. The standard InChI is InChI=1S/C23H31N3O4/c1-29-23(28)20-8-11-26(12-9-20)16-21(27)17-30-22-6-4-18(5-7-22)13-25-15-19-3-2-10-24-14-19/h2-7,10,14,20-21,25,27H,8-9,11-13,15-17H2,1H3/t21-/m1/s1. The van der Waals surface area contributed by atoms with Crippen molar-refractivity contribution in [3.8, 4) is 5.75 Å². The van der Waals surface area contributed by atoms with Gasteiger partial charge in [-0.1, -0.05) is 18.2 Å². The number of ether oxygens (including phenoxy) is 2. The number of esters is 1. The summed E-state index contributed by atoms with van der Waals surface area (Å²) in [5, 5.41) is 13.7. The lowest BCUT2D eigenvalue weighted by Crippen LogP contribution is -2.42. The van der Waals surface area contributed by atoms with Crippen molar-refractivity contribution in [3.63, 3.8) is 0 Å². The lowest BCUT2D eigenvalue weighted by Gasteiger charge is -2.31. The fourth-order valence-corrected chi connectivity index (χ4v) is 3.62. The predicted octanol–water partition coefficient (Wildman–Crippen LogP) is 2.00. The maximum Gasteiger partial charge on any atom is 0.308 e. The molecular weight excluding hydrogens is 382 g/mol. The van der Waals surface area contributed by atoms with Crippen LogP contribution in [0.2, 0.25) is 0 Å². The van der Waals surface area contributed by atoms with Crippen molar-refractivity contribution in [1.29, 1.82) is 0 Å². The molecule has 1 aliphatic heterocycles. The number of piperidine rings is 1. The number of nitrogens with one attached hydrogen (secondary N) is 1. The number of benzene rings is 1. The molecule has 0 amide bonds. The van der Waals surface area contributed by atoms with Gasteiger partial charge >= 0.3 is 5.97 Å². The van der Waals surface area contributed by atoms with E-state index in [0.29, 0.717) is 6.54 Å². The molecule has 0 aliphatic carbocycles. The summed E-state index contributed by atoms with van der Waals surface area (Å²) in [4.78, 5) is 17.9. The summed E-state index contributed by atoms with van der Waals surface area (Å²) in [7, 11) is 1.43. The molecule has 7 heteroatoms. The highest BCUT2D eigenvalue weighted by atomic mass is 16.5. The van der Waals surface area contributed by atoms with Crippen LogP contribution in [0, 0.1) is 5.92 Å². The van der Waals surface area contributed by atoms with E-state index >= 15 is 0 Å². The van der Waals surface area contributed by atoms with Gasteiger partial charge in [-0.15, -0.1) is 0 Å². The highest BCUT2D eigenvalue weighted by Gasteiger charge is 2.26. The van der Waals surface area contributed by atoms with Crippen LogP contribution < -0.4 is 10.1 Å². The van der Waals surface area contributed by atoms with Crippen molar-refractivity contribution in [1.82, 2.24) is 15.2 Å². The van der Waals surface area contributed by atoms with Gasteiger partial charge in [-0.2, -0.15) is 0 Å². The van der Waals surface area contributed by atoms with Crippen LogP contribution in [0.15, 0.2) is 48.8 Å². The lowest BCUT2D eigenvalue weighted by molar-refractivity contribution is -0.147. The Morgan fingerprint density at radius 2 is 1.93 bits per heavy atom. The zero-order valence-electron chi connectivity index (χ0n) is 17.5. The zero-order valence-corrected chi connectivity index (χ0v) is 17.5. The molecule has 0 spiro atoms. The van der Waals surface area contributed by atoms with Crippen LogP contribution in [-0.2, 0) is 22.6 Å². The van der Waals surface area contributed by atoms with Gasteiger partial charge in [0, 0.05) is 32.0 Å². The summed E-state index contributed by atoms with van der Waals surface area (Å²) >= 11 is 0. The van der Waals surface area contributed by atoms with Crippen LogP contribution in [0.3, 0.4) is 0 Å². The monoisotopic (exact) mass is 413 g/mol. The summed E-state index contributed by atoms with van der Waals surface area (Å²) in [6.07, 6.45) is 4.61. The maximum atomic E-state index is 11.6. The maximum absolute atomic E-state index is 11.6. The molecular formula is C23H31N3O4. The Morgan fingerprint density at radius 3 is 2.60 bits per heavy atom. The van der Waals surface area contributed by atoms with Gasteiger partial charge in [0.2, 0.25) is 0 Å². The SMILES string of the molecule is COC(=O)C1CCN(C[C@@H](O)COc2ccc(CNCc3cccnc3)cc2)CC1. The Bertz CT molecular complexity index is 762. The Morgan fingerprint density at radius 1 is 1.20 bits per heavy atom. The number of hydrogen-bond donors (Lipinski definition) is 2. The van der Waals surface area contributed by atoms with Gasteiger partial charge in [0.15, 0.2) is 0 Å². The highest BCUT2D eigenvalue weighted by molar-refractivity contribution is 5.72. The molecule has 0 radical (unpaired) electrons. The van der Waals surface area contributed by atoms with E-state index < -0.39 is 6.10 Å². The Labute approximate surface area is 178 Å². The zero-order chi connectivity index (χ0) is 21.2. The second-order valence-corrected chi connectivity index (χ2v) is 7.67. The van der Waals surface area contributed by atoms with Gasteiger partial charge in [-0.25, -0.2) is 0 Å². The minimum absolute atomic E-state index is 0.0167. The number of rotatable bonds is 10. The van der Waals surface area contributed by atoms with E-state index in [4.69, 9.17) is 9.47 Å². The molecule has 162 valence electrons. The van der Waals surface area contributed by atoms with Gasteiger partial charge in [-0.05, 0) is 55.3 Å². The number of pyridine rings is 1. The molecule has 1 atom stereocenters. The van der Waals surface area contributed by atoms with E-state index in [1.165, 1.54) is 12.7 Å². The van der Waals surface area contributed by atoms with E-state index in [0.717, 1.165) is 50.3 Å². The quantitative estimate of drug-likeness (QED) is 0.577. The molecule has 0 unspecified atom stereocenters. The summed E-state index contributed by atoms with van der Waals surface area (Å²) in [5.41, 5.74) is 2.32. The highest BCUT2D eigenvalue weighted by Crippen LogP contribution is 2.19. The van der Waals surface area contributed by atoms with Crippen molar-refractivity contribution < 1.29 is 19.4 Å². The Hall–Kier alpha value is -2.48. The number of likely N-dealkylation sites (tertiary alicyclic amines) is 1. The first-order valence-electron chi connectivity index (χ1n) is 10.4. The van der Waals surface area contributed by atoms with Gasteiger partial charge in [0.1, 0.15) is 18.5 Å². The third-order valence-electron chi connectivity index (χ3n) is 5.34. The second-order valence-electron chi connectivity index (χ2n) is 7.67. The van der Waals surface area contributed by atoms with Crippen molar-refractivity contribution in [3.05, 3.63) is 59.9 Å². The van der Waals surface area contributed by atoms with Crippen molar-refractivity contribution >= 4 is 5.97 Å². The number of carbonyl (C=O) groups is 1. The summed E-state index contributed by atoms with van der Waals surface area (Å²) in [5.74, 6) is 0.598. The predicted molar refractivity (Wildman–Crippen MR) is 114 cm³/mol. The average molecular weight is 414 g/mol. The first-order valence-corrected chi connectivity index (χ1v) is 10.4. The van der Waals surface area contributed by atoms with Crippen molar-refractivity contribution in [2.75, 3.05) is 33.4 Å². The molecule has 2 aromatic rings. The minimum atomic E-state index is -0.569. The van der Waals surface area contributed by atoms with Gasteiger partial charge < -0.3 is 24.8 Å². The normalized spacial score (nSPS) is 16.2. The van der Waals surface area contributed by atoms with Crippen LogP contribution in [0.1, 0.15) is 24.0 Å². The van der Waals surface area contributed by atoms with Crippen molar-refractivity contribution in [2.45, 2.75) is 32.0 Å². The molecule has 1 fully saturated rings. The number of nitrogens with zero attached hydrogens (tertiary/aromatic N) is 2.